The van der Waals surface area contributed by atoms with Crippen LogP contribution in [0.1, 0.15) is 21.7 Å². The molecule has 0 aliphatic heterocycles. The highest BCUT2D eigenvalue weighted by molar-refractivity contribution is 6.06. The SMILES string of the molecule is COCCNC(=O)Cc1ccc(NC(=O)c2ccc3nc(C)n(-c4ccc(F)cc4)c3c2)cc1. The summed E-state index contributed by atoms with van der Waals surface area (Å²) in [5.41, 5.74) is 4.20. The largest absolute Gasteiger partial charge is 0.383 e. The van der Waals surface area contributed by atoms with Crippen LogP contribution < -0.4 is 10.6 Å². The van der Waals surface area contributed by atoms with Crippen molar-refractivity contribution in [3.8, 4) is 5.69 Å². The van der Waals surface area contributed by atoms with Gasteiger partial charge in [-0.15, -0.1) is 0 Å². The summed E-state index contributed by atoms with van der Waals surface area (Å²) in [5.74, 6) is 0.0660. The van der Waals surface area contributed by atoms with Gasteiger partial charge in [-0.25, -0.2) is 9.37 Å². The normalized spacial score (nSPS) is 10.9. The van der Waals surface area contributed by atoms with Crippen LogP contribution >= 0.6 is 0 Å². The lowest BCUT2D eigenvalue weighted by Gasteiger charge is -2.09. The number of imidazole rings is 1. The van der Waals surface area contributed by atoms with Gasteiger partial charge < -0.3 is 15.4 Å². The van der Waals surface area contributed by atoms with Gasteiger partial charge in [-0.1, -0.05) is 12.1 Å². The Labute approximate surface area is 196 Å². The smallest absolute Gasteiger partial charge is 0.255 e. The van der Waals surface area contributed by atoms with E-state index in [2.05, 4.69) is 15.6 Å². The van der Waals surface area contributed by atoms with Crippen LogP contribution in [0.15, 0.2) is 66.7 Å². The van der Waals surface area contributed by atoms with Crippen molar-refractivity contribution >= 4 is 28.5 Å². The molecule has 0 atom stereocenters. The molecule has 3 aromatic carbocycles. The lowest BCUT2D eigenvalue weighted by molar-refractivity contribution is -0.120. The number of aryl methyl sites for hydroxylation is 1. The summed E-state index contributed by atoms with van der Waals surface area (Å²) in [7, 11) is 1.58. The molecule has 0 bridgehead atoms. The zero-order valence-electron chi connectivity index (χ0n) is 19.0. The molecule has 0 unspecified atom stereocenters. The molecule has 0 fully saturated rings. The zero-order valence-corrected chi connectivity index (χ0v) is 19.0. The molecule has 0 radical (unpaired) electrons. The highest BCUT2D eigenvalue weighted by Gasteiger charge is 2.14. The molecule has 8 heteroatoms. The van der Waals surface area contributed by atoms with Crippen LogP contribution in [-0.2, 0) is 16.0 Å². The molecule has 0 aliphatic rings. The number of anilines is 1. The zero-order chi connectivity index (χ0) is 24.1. The highest BCUT2D eigenvalue weighted by atomic mass is 19.1. The quantitative estimate of drug-likeness (QED) is 0.389. The van der Waals surface area contributed by atoms with E-state index < -0.39 is 0 Å². The number of rotatable bonds is 8. The fourth-order valence-electron chi connectivity index (χ4n) is 3.70. The second-order valence-corrected chi connectivity index (χ2v) is 7.84. The molecule has 2 amide bonds. The van der Waals surface area contributed by atoms with Gasteiger partial charge in [0.25, 0.3) is 5.91 Å². The lowest BCUT2D eigenvalue weighted by Crippen LogP contribution is -2.28. The molecule has 7 nitrogen and oxygen atoms in total. The predicted octanol–water partition coefficient (Wildman–Crippen LogP) is 4.03. The number of carbonyl (C=O) groups is 2. The summed E-state index contributed by atoms with van der Waals surface area (Å²) in [4.78, 5) is 29.4. The Morgan fingerprint density at radius 3 is 2.47 bits per heavy atom. The first kappa shape index (κ1) is 23.1. The van der Waals surface area contributed by atoms with Crippen LogP contribution in [0.5, 0.6) is 0 Å². The molecule has 0 saturated carbocycles. The van der Waals surface area contributed by atoms with Crippen LogP contribution in [0.3, 0.4) is 0 Å². The second-order valence-electron chi connectivity index (χ2n) is 7.84. The highest BCUT2D eigenvalue weighted by Crippen LogP contribution is 2.23. The van der Waals surface area contributed by atoms with Crippen molar-refractivity contribution in [2.24, 2.45) is 0 Å². The second kappa shape index (κ2) is 10.3. The number of amides is 2. The maximum absolute atomic E-state index is 13.4. The summed E-state index contributed by atoms with van der Waals surface area (Å²) >= 11 is 0. The number of hydrogen-bond donors (Lipinski definition) is 2. The number of benzene rings is 3. The number of halogens is 1. The van der Waals surface area contributed by atoms with Crippen LogP contribution in [-0.4, -0.2) is 41.6 Å². The minimum Gasteiger partial charge on any atom is -0.383 e. The Kier molecular flexibility index (Phi) is 6.98. The van der Waals surface area contributed by atoms with Gasteiger partial charge in [-0.3, -0.25) is 14.2 Å². The molecule has 4 rings (SSSR count). The fraction of sp³-hybridized carbons (Fsp3) is 0.192. The average molecular weight is 461 g/mol. The van der Waals surface area contributed by atoms with E-state index in [1.807, 2.05) is 23.6 Å². The van der Waals surface area contributed by atoms with Gasteiger partial charge >= 0.3 is 0 Å². The minimum atomic E-state index is -0.316. The number of methoxy groups -OCH3 is 1. The maximum Gasteiger partial charge on any atom is 0.255 e. The first-order valence-electron chi connectivity index (χ1n) is 10.9. The van der Waals surface area contributed by atoms with E-state index in [4.69, 9.17) is 4.74 Å². The van der Waals surface area contributed by atoms with Gasteiger partial charge in [0, 0.05) is 30.6 Å². The standard InChI is InChI=1S/C26H25FN4O3/c1-17-29-23-12-5-19(16-24(23)31(17)22-10-6-20(27)7-11-22)26(33)30-21-8-3-18(4-9-21)15-25(32)28-13-14-34-2/h3-12,16H,13-15H2,1-2H3,(H,28,32)(H,30,33). The van der Waals surface area contributed by atoms with Crippen molar-refractivity contribution in [2.45, 2.75) is 13.3 Å². The Balaban J connectivity index is 1.48. The summed E-state index contributed by atoms with van der Waals surface area (Å²) in [6.45, 7) is 2.79. The van der Waals surface area contributed by atoms with Gasteiger partial charge in [-0.05, 0) is 67.1 Å². The molecule has 0 saturated heterocycles. The molecule has 34 heavy (non-hydrogen) atoms. The van der Waals surface area contributed by atoms with Crippen LogP contribution in [0.4, 0.5) is 10.1 Å². The van der Waals surface area contributed by atoms with E-state index in [0.717, 1.165) is 28.1 Å². The molecular weight excluding hydrogens is 435 g/mol. The molecule has 2 N–H and O–H groups in total. The Hall–Kier alpha value is -4.04. The van der Waals surface area contributed by atoms with Crippen molar-refractivity contribution in [1.29, 1.82) is 0 Å². The monoisotopic (exact) mass is 460 g/mol. The summed E-state index contributed by atoms with van der Waals surface area (Å²) < 4.78 is 20.2. The number of ether oxygens (including phenoxy) is 1. The first-order valence-corrected chi connectivity index (χ1v) is 10.9. The topological polar surface area (TPSA) is 85.2 Å². The number of nitrogens with zero attached hydrogens (tertiary/aromatic N) is 2. The lowest BCUT2D eigenvalue weighted by atomic mass is 10.1. The summed E-state index contributed by atoms with van der Waals surface area (Å²) in [6, 6.07) is 18.6. The van der Waals surface area contributed by atoms with E-state index in [9.17, 15) is 14.0 Å². The molecule has 4 aromatic rings. The van der Waals surface area contributed by atoms with E-state index in [-0.39, 0.29) is 24.1 Å². The van der Waals surface area contributed by atoms with Crippen molar-refractivity contribution in [2.75, 3.05) is 25.6 Å². The van der Waals surface area contributed by atoms with Crippen LogP contribution in [0, 0.1) is 12.7 Å². The maximum atomic E-state index is 13.4. The molecule has 1 heterocycles. The minimum absolute atomic E-state index is 0.0878. The van der Waals surface area contributed by atoms with Crippen LogP contribution in [0.25, 0.3) is 16.7 Å². The van der Waals surface area contributed by atoms with Gasteiger partial charge in [0.15, 0.2) is 0 Å². The Bertz CT molecular complexity index is 1310. The number of hydrogen-bond acceptors (Lipinski definition) is 4. The van der Waals surface area contributed by atoms with Gasteiger partial charge in [0.2, 0.25) is 5.91 Å². The van der Waals surface area contributed by atoms with E-state index in [1.165, 1.54) is 12.1 Å². The van der Waals surface area contributed by atoms with Crippen molar-refractivity contribution in [3.05, 3.63) is 89.5 Å². The molecule has 174 valence electrons. The Morgan fingerprint density at radius 1 is 1.03 bits per heavy atom. The van der Waals surface area contributed by atoms with Gasteiger partial charge in [0.05, 0.1) is 24.1 Å². The van der Waals surface area contributed by atoms with Crippen molar-refractivity contribution in [1.82, 2.24) is 14.9 Å². The van der Waals surface area contributed by atoms with Crippen molar-refractivity contribution < 1.29 is 18.7 Å². The Morgan fingerprint density at radius 2 is 1.76 bits per heavy atom. The third-order valence-corrected chi connectivity index (χ3v) is 5.37. The number of carbonyl (C=O) groups excluding carboxylic acids is 2. The number of aromatic nitrogens is 2. The van der Waals surface area contributed by atoms with E-state index in [0.29, 0.717) is 24.4 Å². The van der Waals surface area contributed by atoms with E-state index in [1.54, 1.807) is 49.6 Å². The fourth-order valence-corrected chi connectivity index (χ4v) is 3.70. The molecule has 0 spiro atoms. The summed E-state index contributed by atoms with van der Waals surface area (Å²) in [6.07, 6.45) is 0.251. The first-order chi connectivity index (χ1) is 16.4. The van der Waals surface area contributed by atoms with Crippen LogP contribution in [0.2, 0.25) is 0 Å². The predicted molar refractivity (Wildman–Crippen MR) is 129 cm³/mol. The number of fused-ring (bicyclic) bond motifs is 1. The molecular formula is C26H25FN4O3. The summed E-state index contributed by atoms with van der Waals surface area (Å²) in [5, 5.41) is 5.66. The third kappa shape index (κ3) is 5.29. The van der Waals surface area contributed by atoms with Crippen molar-refractivity contribution in [3.63, 3.8) is 0 Å². The average Bonchev–Trinajstić information content (AvgIpc) is 3.16. The molecule has 1 aromatic heterocycles. The molecule has 0 aliphatic carbocycles. The third-order valence-electron chi connectivity index (χ3n) is 5.37. The van der Waals surface area contributed by atoms with Gasteiger partial charge in [0.1, 0.15) is 11.6 Å². The number of nitrogens with one attached hydrogen (secondary N) is 2. The van der Waals surface area contributed by atoms with Gasteiger partial charge in [-0.2, -0.15) is 0 Å². The van der Waals surface area contributed by atoms with E-state index >= 15 is 0 Å².